The second-order valence-corrected chi connectivity index (χ2v) is 4.08. The molecule has 0 amide bonds. The van der Waals surface area contributed by atoms with E-state index in [4.69, 9.17) is 5.26 Å². The molecule has 0 radical (unpaired) electrons. The van der Waals surface area contributed by atoms with Crippen molar-refractivity contribution in [3.05, 3.63) is 34.3 Å². The van der Waals surface area contributed by atoms with E-state index >= 15 is 0 Å². The Morgan fingerprint density at radius 2 is 2.36 bits per heavy atom. The van der Waals surface area contributed by atoms with Gasteiger partial charge in [-0.1, -0.05) is 22.0 Å². The molecule has 14 heavy (non-hydrogen) atoms. The molecule has 1 N–H and O–H groups in total. The fourth-order valence-corrected chi connectivity index (χ4v) is 2.00. The third kappa shape index (κ3) is 1.66. The maximum atomic E-state index is 8.64. The van der Waals surface area contributed by atoms with Crippen molar-refractivity contribution < 1.29 is 0 Å². The zero-order valence-electron chi connectivity index (χ0n) is 7.55. The molecule has 2 rings (SSSR count). The van der Waals surface area contributed by atoms with Crippen LogP contribution >= 0.6 is 15.9 Å². The summed E-state index contributed by atoms with van der Waals surface area (Å²) in [5.41, 5.74) is 3.36. The van der Waals surface area contributed by atoms with Crippen LogP contribution < -0.4 is 5.32 Å². The molecule has 70 valence electrons. The molecule has 0 fully saturated rings. The molecule has 0 atom stereocenters. The molecule has 0 aliphatic carbocycles. The van der Waals surface area contributed by atoms with Gasteiger partial charge in [0.1, 0.15) is 0 Å². The van der Waals surface area contributed by atoms with Gasteiger partial charge in [0.25, 0.3) is 0 Å². The number of benzene rings is 1. The van der Waals surface area contributed by atoms with Crippen LogP contribution in [0.3, 0.4) is 0 Å². The fraction of sp³-hybridized carbons (Fsp3) is 0.182. The maximum absolute atomic E-state index is 8.64. The average molecular weight is 249 g/mol. The van der Waals surface area contributed by atoms with Crippen molar-refractivity contribution in [2.45, 2.75) is 6.42 Å². The Morgan fingerprint density at radius 1 is 1.50 bits per heavy atom. The lowest BCUT2D eigenvalue weighted by atomic mass is 9.97. The van der Waals surface area contributed by atoms with Gasteiger partial charge >= 0.3 is 0 Å². The first-order chi connectivity index (χ1) is 6.81. The number of nitrogens with one attached hydrogen (secondary N) is 1. The average Bonchev–Trinajstić information content (AvgIpc) is 2.18. The van der Waals surface area contributed by atoms with Crippen molar-refractivity contribution in [2.75, 3.05) is 11.9 Å². The number of hydrogen-bond donors (Lipinski definition) is 1. The number of nitriles is 1. The molecular weight excluding hydrogens is 240 g/mol. The molecule has 0 spiro atoms. The molecule has 1 aromatic carbocycles. The minimum absolute atomic E-state index is 0.900. The molecule has 1 aromatic rings. The number of halogens is 1. The molecular formula is C11H9BrN2. The molecule has 1 aliphatic rings. The second-order valence-electron chi connectivity index (χ2n) is 3.17. The maximum Gasteiger partial charge on any atom is 0.0915 e. The standard InChI is InChI=1S/C11H9BrN2/c12-9-1-2-10-8(3-5-13)4-6-14-11(10)7-9/h1-3,7,14H,4,6H2/b8-3+. The topological polar surface area (TPSA) is 35.8 Å². The highest BCUT2D eigenvalue weighted by molar-refractivity contribution is 9.10. The first-order valence-corrected chi connectivity index (χ1v) is 5.23. The smallest absolute Gasteiger partial charge is 0.0915 e. The first kappa shape index (κ1) is 9.29. The van der Waals surface area contributed by atoms with E-state index in [1.54, 1.807) is 6.08 Å². The normalized spacial score (nSPS) is 17.0. The van der Waals surface area contributed by atoms with E-state index in [2.05, 4.69) is 27.3 Å². The number of fused-ring (bicyclic) bond motifs is 1. The summed E-state index contributed by atoms with van der Waals surface area (Å²) in [5.74, 6) is 0. The van der Waals surface area contributed by atoms with Gasteiger partial charge in [-0.15, -0.1) is 0 Å². The van der Waals surface area contributed by atoms with Crippen LogP contribution in [0.5, 0.6) is 0 Å². The predicted molar refractivity (Wildman–Crippen MR) is 60.8 cm³/mol. The highest BCUT2D eigenvalue weighted by atomic mass is 79.9. The zero-order chi connectivity index (χ0) is 9.97. The fourth-order valence-electron chi connectivity index (χ4n) is 1.64. The molecule has 3 heteroatoms. The van der Waals surface area contributed by atoms with Crippen molar-refractivity contribution in [3.8, 4) is 6.07 Å². The van der Waals surface area contributed by atoms with E-state index < -0.39 is 0 Å². The Bertz CT molecular complexity index is 429. The van der Waals surface area contributed by atoms with Crippen LogP contribution in [0.4, 0.5) is 5.69 Å². The van der Waals surface area contributed by atoms with Crippen molar-refractivity contribution in [1.29, 1.82) is 5.26 Å². The second kappa shape index (κ2) is 3.85. The van der Waals surface area contributed by atoms with Gasteiger partial charge in [-0.05, 0) is 24.1 Å². The summed E-state index contributed by atoms with van der Waals surface area (Å²) >= 11 is 3.42. The van der Waals surface area contributed by atoms with Crippen LogP contribution in [-0.4, -0.2) is 6.54 Å². The van der Waals surface area contributed by atoms with Gasteiger partial charge in [0.2, 0.25) is 0 Å². The van der Waals surface area contributed by atoms with E-state index in [0.717, 1.165) is 34.3 Å². The third-order valence-corrected chi connectivity index (χ3v) is 2.77. The Kier molecular flexibility index (Phi) is 2.55. The highest BCUT2D eigenvalue weighted by Crippen LogP contribution is 2.32. The zero-order valence-corrected chi connectivity index (χ0v) is 9.13. The number of rotatable bonds is 0. The Balaban J connectivity index is 2.51. The third-order valence-electron chi connectivity index (χ3n) is 2.28. The summed E-state index contributed by atoms with van der Waals surface area (Å²) < 4.78 is 1.06. The summed E-state index contributed by atoms with van der Waals surface area (Å²) in [6.07, 6.45) is 2.55. The molecule has 1 aliphatic heterocycles. The summed E-state index contributed by atoms with van der Waals surface area (Å²) in [6, 6.07) is 8.17. The summed E-state index contributed by atoms with van der Waals surface area (Å²) in [7, 11) is 0. The van der Waals surface area contributed by atoms with Gasteiger partial charge in [-0.25, -0.2) is 0 Å². The van der Waals surface area contributed by atoms with Crippen LogP contribution in [0.25, 0.3) is 5.57 Å². The van der Waals surface area contributed by atoms with Gasteiger partial charge in [0.05, 0.1) is 6.07 Å². The number of hydrogen-bond acceptors (Lipinski definition) is 2. The molecule has 0 unspecified atom stereocenters. The van der Waals surface area contributed by atoms with Crippen molar-refractivity contribution >= 4 is 27.2 Å². The van der Waals surface area contributed by atoms with Gasteiger partial charge in [-0.3, -0.25) is 0 Å². The molecule has 2 nitrogen and oxygen atoms in total. The van der Waals surface area contributed by atoms with Crippen molar-refractivity contribution in [1.82, 2.24) is 0 Å². The lowest BCUT2D eigenvalue weighted by Gasteiger charge is -2.20. The summed E-state index contributed by atoms with van der Waals surface area (Å²) in [4.78, 5) is 0. The molecule has 1 heterocycles. The SMILES string of the molecule is N#C/C=C1\CCNc2cc(Br)ccc21. The minimum atomic E-state index is 0.900. The Hall–Kier alpha value is -1.27. The lowest BCUT2D eigenvalue weighted by molar-refractivity contribution is 1.05. The van der Waals surface area contributed by atoms with Gasteiger partial charge in [0, 0.05) is 28.3 Å². The molecule has 0 saturated carbocycles. The van der Waals surface area contributed by atoms with Crippen LogP contribution in [0.1, 0.15) is 12.0 Å². The largest absolute Gasteiger partial charge is 0.384 e. The van der Waals surface area contributed by atoms with Gasteiger partial charge in [0.15, 0.2) is 0 Å². The monoisotopic (exact) mass is 248 g/mol. The van der Waals surface area contributed by atoms with E-state index in [-0.39, 0.29) is 0 Å². The number of nitrogens with zero attached hydrogens (tertiary/aromatic N) is 1. The Morgan fingerprint density at radius 3 is 3.14 bits per heavy atom. The van der Waals surface area contributed by atoms with E-state index in [0.29, 0.717) is 0 Å². The minimum Gasteiger partial charge on any atom is -0.384 e. The highest BCUT2D eigenvalue weighted by Gasteiger charge is 2.12. The van der Waals surface area contributed by atoms with Crippen LogP contribution in [0, 0.1) is 11.3 Å². The van der Waals surface area contributed by atoms with Crippen LogP contribution in [0.2, 0.25) is 0 Å². The van der Waals surface area contributed by atoms with E-state index in [9.17, 15) is 0 Å². The van der Waals surface area contributed by atoms with E-state index in [1.165, 1.54) is 0 Å². The summed E-state index contributed by atoms with van der Waals surface area (Å²) in [5, 5.41) is 12.0. The van der Waals surface area contributed by atoms with Gasteiger partial charge in [-0.2, -0.15) is 5.26 Å². The van der Waals surface area contributed by atoms with Gasteiger partial charge < -0.3 is 5.32 Å². The van der Waals surface area contributed by atoms with Crippen molar-refractivity contribution in [3.63, 3.8) is 0 Å². The molecule has 0 aromatic heterocycles. The van der Waals surface area contributed by atoms with E-state index in [1.807, 2.05) is 18.2 Å². The molecule has 0 saturated heterocycles. The number of allylic oxidation sites excluding steroid dienone is 1. The number of anilines is 1. The lowest BCUT2D eigenvalue weighted by Crippen LogP contribution is -2.10. The first-order valence-electron chi connectivity index (χ1n) is 4.44. The van der Waals surface area contributed by atoms with Crippen LogP contribution in [0.15, 0.2) is 28.7 Å². The predicted octanol–water partition coefficient (Wildman–Crippen LogP) is 3.17. The van der Waals surface area contributed by atoms with Crippen molar-refractivity contribution in [2.24, 2.45) is 0 Å². The Labute approximate surface area is 91.4 Å². The summed E-state index contributed by atoms with van der Waals surface area (Å²) in [6.45, 7) is 0.900. The quantitative estimate of drug-likeness (QED) is 0.717. The molecule has 0 bridgehead atoms. The van der Waals surface area contributed by atoms with Crippen LogP contribution in [-0.2, 0) is 0 Å².